The highest BCUT2D eigenvalue weighted by Gasteiger charge is 2.33. The molecule has 80 valence electrons. The minimum absolute atomic E-state index is 0.441. The number of Topliss-reactive ketones (excluding diaryl/α,β-unsaturated/α-hetero) is 1. The zero-order chi connectivity index (χ0) is 10.1. The number of ketones is 1. The summed E-state index contributed by atoms with van der Waals surface area (Å²) in [4.78, 5) is 13.6. The summed E-state index contributed by atoms with van der Waals surface area (Å²) in [6, 6.07) is 0.692. The van der Waals surface area contributed by atoms with E-state index >= 15 is 0 Å². The molecule has 0 aromatic carbocycles. The summed E-state index contributed by atoms with van der Waals surface area (Å²) < 4.78 is 0. The molecule has 2 nitrogen and oxygen atoms in total. The van der Waals surface area contributed by atoms with Crippen molar-refractivity contribution in [2.45, 2.75) is 45.6 Å². The van der Waals surface area contributed by atoms with Crippen LogP contribution >= 0.6 is 0 Å². The average Bonchev–Trinajstić information content (AvgIpc) is 2.51. The lowest BCUT2D eigenvalue weighted by Gasteiger charge is -2.38. The molecule has 1 heterocycles. The highest BCUT2D eigenvalue weighted by Crippen LogP contribution is 2.32. The van der Waals surface area contributed by atoms with Gasteiger partial charge in [0.2, 0.25) is 0 Å². The van der Waals surface area contributed by atoms with Crippen LogP contribution < -0.4 is 0 Å². The van der Waals surface area contributed by atoms with E-state index in [0.29, 0.717) is 11.8 Å². The lowest BCUT2D eigenvalue weighted by molar-refractivity contribution is -0.117. The molecule has 1 saturated carbocycles. The third-order valence-corrected chi connectivity index (χ3v) is 3.91. The summed E-state index contributed by atoms with van der Waals surface area (Å²) >= 11 is 0. The van der Waals surface area contributed by atoms with Crippen LogP contribution in [0.25, 0.3) is 0 Å². The lowest BCUT2D eigenvalue weighted by atomic mass is 9.79. The van der Waals surface area contributed by atoms with Crippen LogP contribution in [0.5, 0.6) is 0 Å². The Hall–Kier alpha value is -0.370. The molecule has 3 atom stereocenters. The normalized spacial score (nSPS) is 40.4. The molecule has 0 radical (unpaired) electrons. The molecule has 1 aliphatic heterocycles. The fourth-order valence-electron chi connectivity index (χ4n) is 3.13. The van der Waals surface area contributed by atoms with Crippen molar-refractivity contribution in [3.8, 4) is 0 Å². The Balaban J connectivity index is 1.94. The van der Waals surface area contributed by atoms with E-state index in [4.69, 9.17) is 0 Å². The Morgan fingerprint density at radius 2 is 2.07 bits per heavy atom. The van der Waals surface area contributed by atoms with Crippen molar-refractivity contribution in [1.82, 2.24) is 4.90 Å². The van der Waals surface area contributed by atoms with Gasteiger partial charge >= 0.3 is 0 Å². The summed E-state index contributed by atoms with van der Waals surface area (Å²) in [7, 11) is 0. The molecule has 2 heteroatoms. The van der Waals surface area contributed by atoms with E-state index in [1.807, 2.05) is 0 Å². The van der Waals surface area contributed by atoms with Crippen molar-refractivity contribution in [2.24, 2.45) is 11.8 Å². The van der Waals surface area contributed by atoms with Gasteiger partial charge in [-0.1, -0.05) is 13.8 Å². The van der Waals surface area contributed by atoms with Crippen molar-refractivity contribution >= 4 is 5.78 Å². The van der Waals surface area contributed by atoms with Gasteiger partial charge in [-0.3, -0.25) is 9.69 Å². The number of carbonyl (C=O) groups excluding carboxylic acids is 1. The number of hydrogen-bond acceptors (Lipinski definition) is 2. The first-order chi connectivity index (χ1) is 6.66. The van der Waals surface area contributed by atoms with E-state index < -0.39 is 0 Å². The second kappa shape index (κ2) is 4.01. The summed E-state index contributed by atoms with van der Waals surface area (Å²) in [5.41, 5.74) is 0. The molecule has 2 fully saturated rings. The Kier molecular flexibility index (Phi) is 2.91. The third kappa shape index (κ3) is 2.00. The van der Waals surface area contributed by atoms with E-state index in [0.717, 1.165) is 31.3 Å². The van der Waals surface area contributed by atoms with Gasteiger partial charge in [0.15, 0.2) is 0 Å². The highest BCUT2D eigenvalue weighted by atomic mass is 16.1. The second-order valence-corrected chi connectivity index (χ2v) is 5.22. The minimum atomic E-state index is 0.441. The van der Waals surface area contributed by atoms with Gasteiger partial charge in [-0.25, -0.2) is 0 Å². The van der Waals surface area contributed by atoms with Crippen LogP contribution in [0.15, 0.2) is 0 Å². The van der Waals surface area contributed by atoms with Crippen molar-refractivity contribution in [3.63, 3.8) is 0 Å². The van der Waals surface area contributed by atoms with Crippen molar-refractivity contribution in [3.05, 3.63) is 0 Å². The Morgan fingerprint density at radius 1 is 1.29 bits per heavy atom. The van der Waals surface area contributed by atoms with E-state index in [2.05, 4.69) is 18.7 Å². The smallest absolute Gasteiger partial charge is 0.148 e. The van der Waals surface area contributed by atoms with E-state index in [1.165, 1.54) is 19.3 Å². The second-order valence-electron chi connectivity index (χ2n) is 5.22. The monoisotopic (exact) mass is 195 g/mol. The van der Waals surface area contributed by atoms with Gasteiger partial charge in [0.25, 0.3) is 0 Å². The van der Waals surface area contributed by atoms with E-state index in [9.17, 15) is 4.79 Å². The first-order valence-electron chi connectivity index (χ1n) is 5.92. The Bertz CT molecular complexity index is 226. The SMILES string of the molecule is CC1CCC(N2CCC(=O)C2)C(C)C1. The molecule has 2 aliphatic rings. The van der Waals surface area contributed by atoms with Gasteiger partial charge in [0, 0.05) is 19.0 Å². The molecule has 2 rings (SSSR count). The van der Waals surface area contributed by atoms with Gasteiger partial charge in [-0.05, 0) is 31.1 Å². The third-order valence-electron chi connectivity index (χ3n) is 3.91. The molecule has 14 heavy (non-hydrogen) atoms. The molecule has 0 aromatic rings. The summed E-state index contributed by atoms with van der Waals surface area (Å²) in [6.07, 6.45) is 4.78. The standard InChI is InChI=1S/C12H21NO/c1-9-3-4-12(10(2)7-9)13-6-5-11(14)8-13/h9-10,12H,3-8H2,1-2H3. The summed E-state index contributed by atoms with van der Waals surface area (Å²) in [6.45, 7) is 6.44. The molecular formula is C12H21NO. The van der Waals surface area contributed by atoms with Gasteiger partial charge < -0.3 is 0 Å². The first kappa shape index (κ1) is 10.2. The van der Waals surface area contributed by atoms with Gasteiger partial charge in [0.05, 0.1) is 6.54 Å². The zero-order valence-electron chi connectivity index (χ0n) is 9.33. The van der Waals surface area contributed by atoms with Crippen molar-refractivity contribution in [1.29, 1.82) is 0 Å². The van der Waals surface area contributed by atoms with Crippen molar-refractivity contribution in [2.75, 3.05) is 13.1 Å². The minimum Gasteiger partial charge on any atom is -0.298 e. The van der Waals surface area contributed by atoms with Gasteiger partial charge in [0.1, 0.15) is 5.78 Å². The molecule has 0 spiro atoms. The van der Waals surface area contributed by atoms with Gasteiger partial charge in [-0.15, -0.1) is 0 Å². The maximum absolute atomic E-state index is 11.2. The fraction of sp³-hybridized carbons (Fsp3) is 0.917. The number of hydrogen-bond donors (Lipinski definition) is 0. The molecular weight excluding hydrogens is 174 g/mol. The Labute approximate surface area is 86.7 Å². The van der Waals surface area contributed by atoms with E-state index in [-0.39, 0.29) is 0 Å². The maximum Gasteiger partial charge on any atom is 0.148 e. The zero-order valence-corrected chi connectivity index (χ0v) is 9.33. The van der Waals surface area contributed by atoms with Crippen LogP contribution in [0.2, 0.25) is 0 Å². The Morgan fingerprint density at radius 3 is 2.64 bits per heavy atom. The van der Waals surface area contributed by atoms with Crippen LogP contribution in [-0.4, -0.2) is 29.8 Å². The molecule has 3 unspecified atom stereocenters. The lowest BCUT2D eigenvalue weighted by Crippen LogP contribution is -2.41. The molecule has 1 aliphatic carbocycles. The summed E-state index contributed by atoms with van der Waals surface area (Å²) in [5, 5.41) is 0. The van der Waals surface area contributed by atoms with Crippen LogP contribution in [0.3, 0.4) is 0 Å². The average molecular weight is 195 g/mol. The number of rotatable bonds is 1. The molecule has 0 amide bonds. The fourth-order valence-corrected chi connectivity index (χ4v) is 3.13. The van der Waals surface area contributed by atoms with E-state index in [1.54, 1.807) is 0 Å². The molecule has 0 bridgehead atoms. The predicted molar refractivity (Wildman–Crippen MR) is 57.2 cm³/mol. The van der Waals surface area contributed by atoms with Crippen LogP contribution in [0.1, 0.15) is 39.5 Å². The molecule has 0 N–H and O–H groups in total. The number of carbonyl (C=O) groups is 1. The van der Waals surface area contributed by atoms with Crippen LogP contribution in [0, 0.1) is 11.8 Å². The first-order valence-corrected chi connectivity index (χ1v) is 5.92. The van der Waals surface area contributed by atoms with Crippen molar-refractivity contribution < 1.29 is 4.79 Å². The quantitative estimate of drug-likeness (QED) is 0.638. The van der Waals surface area contributed by atoms with Crippen LogP contribution in [0.4, 0.5) is 0 Å². The number of nitrogens with zero attached hydrogens (tertiary/aromatic N) is 1. The van der Waals surface area contributed by atoms with Gasteiger partial charge in [-0.2, -0.15) is 0 Å². The summed E-state index contributed by atoms with van der Waals surface area (Å²) in [5.74, 6) is 2.11. The highest BCUT2D eigenvalue weighted by molar-refractivity contribution is 5.82. The maximum atomic E-state index is 11.2. The topological polar surface area (TPSA) is 20.3 Å². The predicted octanol–water partition coefficient (Wildman–Crippen LogP) is 2.09. The van der Waals surface area contributed by atoms with Crippen LogP contribution in [-0.2, 0) is 4.79 Å². The largest absolute Gasteiger partial charge is 0.298 e. The molecule has 0 aromatic heterocycles. The molecule has 1 saturated heterocycles. The number of likely N-dealkylation sites (tertiary alicyclic amines) is 1.